The lowest BCUT2D eigenvalue weighted by Crippen LogP contribution is -2.37. The van der Waals surface area contributed by atoms with Crippen molar-refractivity contribution in [2.24, 2.45) is 0 Å². The van der Waals surface area contributed by atoms with E-state index in [1.807, 2.05) is 44.2 Å². The van der Waals surface area contributed by atoms with Crippen LogP contribution in [0.15, 0.2) is 55.1 Å². The fourth-order valence-corrected chi connectivity index (χ4v) is 2.84. The van der Waals surface area contributed by atoms with Crippen molar-refractivity contribution in [3.8, 4) is 0 Å². The molecule has 4 heteroatoms. The maximum absolute atomic E-state index is 6.09. The molecular formula is C18H22O4. The SMILES string of the molecule is C=CC(=C)[C@H]1O[C@@H]2OC(C)(C)O[C@@H]2[C@H]1OCc1ccccc1. The topological polar surface area (TPSA) is 36.9 Å². The van der Waals surface area contributed by atoms with E-state index in [1.165, 1.54) is 0 Å². The van der Waals surface area contributed by atoms with Crippen LogP contribution >= 0.6 is 0 Å². The maximum atomic E-state index is 6.09. The predicted molar refractivity (Wildman–Crippen MR) is 83.1 cm³/mol. The van der Waals surface area contributed by atoms with Crippen molar-refractivity contribution >= 4 is 0 Å². The van der Waals surface area contributed by atoms with Gasteiger partial charge in [-0.05, 0) is 25.0 Å². The van der Waals surface area contributed by atoms with Crippen LogP contribution in [0.3, 0.4) is 0 Å². The van der Waals surface area contributed by atoms with Gasteiger partial charge in [0.05, 0.1) is 6.61 Å². The summed E-state index contributed by atoms with van der Waals surface area (Å²) in [5.74, 6) is -0.663. The molecule has 0 radical (unpaired) electrons. The second-order valence-electron chi connectivity index (χ2n) is 6.07. The monoisotopic (exact) mass is 302 g/mol. The van der Waals surface area contributed by atoms with Gasteiger partial charge < -0.3 is 18.9 Å². The van der Waals surface area contributed by atoms with E-state index in [0.717, 1.165) is 11.1 Å². The Labute approximate surface area is 131 Å². The minimum absolute atomic E-state index is 0.264. The summed E-state index contributed by atoms with van der Waals surface area (Å²) in [6, 6.07) is 10.0. The zero-order valence-electron chi connectivity index (χ0n) is 13.0. The van der Waals surface area contributed by atoms with Crippen molar-refractivity contribution in [3.05, 3.63) is 60.7 Å². The molecule has 4 nitrogen and oxygen atoms in total. The van der Waals surface area contributed by atoms with Gasteiger partial charge in [-0.15, -0.1) is 0 Å². The van der Waals surface area contributed by atoms with Crippen molar-refractivity contribution < 1.29 is 18.9 Å². The molecule has 1 aromatic carbocycles. The molecule has 2 aliphatic heterocycles. The minimum Gasteiger partial charge on any atom is -0.368 e. The van der Waals surface area contributed by atoms with Crippen molar-refractivity contribution in [3.63, 3.8) is 0 Å². The Morgan fingerprint density at radius 2 is 2.00 bits per heavy atom. The van der Waals surface area contributed by atoms with Gasteiger partial charge in [-0.25, -0.2) is 0 Å². The first kappa shape index (κ1) is 15.4. The van der Waals surface area contributed by atoms with Crippen molar-refractivity contribution in [1.82, 2.24) is 0 Å². The highest BCUT2D eigenvalue weighted by Crippen LogP contribution is 2.40. The van der Waals surface area contributed by atoms with Gasteiger partial charge in [-0.1, -0.05) is 49.6 Å². The lowest BCUT2D eigenvalue weighted by Gasteiger charge is -2.26. The van der Waals surface area contributed by atoms with E-state index in [1.54, 1.807) is 6.08 Å². The molecule has 0 N–H and O–H groups in total. The number of benzene rings is 1. The van der Waals surface area contributed by atoms with Gasteiger partial charge in [0.15, 0.2) is 12.1 Å². The molecule has 3 rings (SSSR count). The molecule has 1 aromatic rings. The highest BCUT2D eigenvalue weighted by molar-refractivity contribution is 5.22. The van der Waals surface area contributed by atoms with Crippen LogP contribution in [0.2, 0.25) is 0 Å². The lowest BCUT2D eigenvalue weighted by atomic mass is 10.0. The number of rotatable bonds is 5. The zero-order valence-corrected chi connectivity index (χ0v) is 13.0. The number of hydrogen-bond donors (Lipinski definition) is 0. The molecule has 2 heterocycles. The molecule has 0 aliphatic carbocycles. The second kappa shape index (κ2) is 5.97. The summed E-state index contributed by atoms with van der Waals surface area (Å²) in [5, 5.41) is 0. The Balaban J connectivity index is 1.74. The molecule has 2 aliphatic rings. The van der Waals surface area contributed by atoms with Crippen LogP contribution in [0.5, 0.6) is 0 Å². The van der Waals surface area contributed by atoms with Crippen LogP contribution in [0, 0.1) is 0 Å². The Morgan fingerprint density at radius 1 is 1.27 bits per heavy atom. The van der Waals surface area contributed by atoms with E-state index in [-0.39, 0.29) is 18.3 Å². The Morgan fingerprint density at radius 3 is 2.68 bits per heavy atom. The number of ether oxygens (including phenoxy) is 4. The smallest absolute Gasteiger partial charge is 0.190 e. The largest absolute Gasteiger partial charge is 0.368 e. The summed E-state index contributed by atoms with van der Waals surface area (Å²) in [5.41, 5.74) is 1.88. The average molecular weight is 302 g/mol. The molecule has 0 unspecified atom stereocenters. The van der Waals surface area contributed by atoms with Gasteiger partial charge in [0, 0.05) is 0 Å². The van der Waals surface area contributed by atoms with Gasteiger partial charge in [0.25, 0.3) is 0 Å². The van der Waals surface area contributed by atoms with Gasteiger partial charge in [-0.2, -0.15) is 0 Å². The zero-order chi connectivity index (χ0) is 15.7. The summed E-state index contributed by atoms with van der Waals surface area (Å²) in [6.45, 7) is 12.0. The minimum atomic E-state index is -0.663. The van der Waals surface area contributed by atoms with Crippen LogP contribution in [0.25, 0.3) is 0 Å². The normalized spacial score (nSPS) is 32.6. The first-order valence-electron chi connectivity index (χ1n) is 7.48. The van der Waals surface area contributed by atoms with Gasteiger partial charge in [0.2, 0.25) is 0 Å². The molecule has 0 spiro atoms. The van der Waals surface area contributed by atoms with Crippen LogP contribution in [-0.2, 0) is 25.6 Å². The number of fused-ring (bicyclic) bond motifs is 1. The summed E-state index contributed by atoms with van der Waals surface area (Å²) in [4.78, 5) is 0. The van der Waals surface area contributed by atoms with Gasteiger partial charge in [-0.3, -0.25) is 0 Å². The molecule has 2 saturated heterocycles. The number of hydrogen-bond acceptors (Lipinski definition) is 4. The van der Waals surface area contributed by atoms with Crippen LogP contribution in [0.1, 0.15) is 19.4 Å². The van der Waals surface area contributed by atoms with E-state index in [2.05, 4.69) is 13.2 Å². The average Bonchev–Trinajstić information content (AvgIpc) is 2.97. The molecule has 0 aromatic heterocycles. The third-order valence-electron chi connectivity index (χ3n) is 3.90. The first-order chi connectivity index (χ1) is 10.5. The highest BCUT2D eigenvalue weighted by atomic mass is 16.8. The summed E-state index contributed by atoms with van der Waals surface area (Å²) in [7, 11) is 0. The lowest BCUT2D eigenvalue weighted by molar-refractivity contribution is -0.214. The van der Waals surface area contributed by atoms with E-state index >= 15 is 0 Å². The predicted octanol–water partition coefficient (Wildman–Crippen LogP) is 3.19. The molecule has 0 bridgehead atoms. The fourth-order valence-electron chi connectivity index (χ4n) is 2.84. The molecule has 2 fully saturated rings. The van der Waals surface area contributed by atoms with E-state index in [4.69, 9.17) is 18.9 Å². The van der Waals surface area contributed by atoms with E-state index in [0.29, 0.717) is 6.61 Å². The molecular weight excluding hydrogens is 280 g/mol. The molecule has 118 valence electrons. The van der Waals surface area contributed by atoms with Crippen LogP contribution in [-0.4, -0.2) is 30.4 Å². The summed E-state index contributed by atoms with van der Waals surface area (Å²) in [6.07, 6.45) is 0.429. The third kappa shape index (κ3) is 3.01. The summed E-state index contributed by atoms with van der Waals surface area (Å²) < 4.78 is 23.8. The van der Waals surface area contributed by atoms with Crippen molar-refractivity contribution in [2.45, 2.75) is 50.8 Å². The van der Waals surface area contributed by atoms with E-state index < -0.39 is 12.1 Å². The van der Waals surface area contributed by atoms with Crippen LogP contribution < -0.4 is 0 Å². The van der Waals surface area contributed by atoms with Crippen LogP contribution in [0.4, 0.5) is 0 Å². The molecule has 0 saturated carbocycles. The second-order valence-corrected chi connectivity index (χ2v) is 6.07. The fraction of sp³-hybridized carbons (Fsp3) is 0.444. The van der Waals surface area contributed by atoms with Gasteiger partial charge >= 0.3 is 0 Å². The highest BCUT2D eigenvalue weighted by Gasteiger charge is 2.55. The Hall–Kier alpha value is -1.46. The Bertz CT molecular complexity index is 551. The first-order valence-corrected chi connectivity index (χ1v) is 7.48. The summed E-state index contributed by atoms with van der Waals surface area (Å²) >= 11 is 0. The third-order valence-corrected chi connectivity index (χ3v) is 3.90. The van der Waals surface area contributed by atoms with Crippen molar-refractivity contribution in [2.75, 3.05) is 0 Å². The van der Waals surface area contributed by atoms with Gasteiger partial charge in [0.1, 0.15) is 18.3 Å². The molecule has 22 heavy (non-hydrogen) atoms. The van der Waals surface area contributed by atoms with Crippen molar-refractivity contribution in [1.29, 1.82) is 0 Å². The maximum Gasteiger partial charge on any atom is 0.190 e. The standard InChI is InChI=1S/C18H22O4/c1-5-12(2)14-15(19-11-13-9-7-6-8-10-13)16-17(20-14)22-18(3,4)21-16/h5-10,14-17H,1-2,11H2,3-4H3/t14-,15+,16-,17-/m1/s1. The Kier molecular flexibility index (Phi) is 4.19. The molecule has 0 amide bonds. The molecule has 4 atom stereocenters. The van der Waals surface area contributed by atoms with E-state index in [9.17, 15) is 0 Å². The quantitative estimate of drug-likeness (QED) is 0.783.